The van der Waals surface area contributed by atoms with Gasteiger partial charge in [0.25, 0.3) is 0 Å². The third kappa shape index (κ3) is 4.34. The van der Waals surface area contributed by atoms with Gasteiger partial charge in [0.2, 0.25) is 0 Å². The molecular formula is C21H34. The highest BCUT2D eigenvalue weighted by Gasteiger charge is 2.33. The Kier molecular flexibility index (Phi) is 6.80. The van der Waals surface area contributed by atoms with Crippen LogP contribution < -0.4 is 0 Å². The van der Waals surface area contributed by atoms with Gasteiger partial charge < -0.3 is 0 Å². The molecule has 2 aliphatic carbocycles. The maximum absolute atomic E-state index is 2.42. The van der Waals surface area contributed by atoms with Crippen LogP contribution in [0.2, 0.25) is 0 Å². The summed E-state index contributed by atoms with van der Waals surface area (Å²) in [6.07, 6.45) is 13.3. The second-order valence-corrected chi connectivity index (χ2v) is 6.88. The van der Waals surface area contributed by atoms with Gasteiger partial charge in [0, 0.05) is 0 Å². The van der Waals surface area contributed by atoms with E-state index in [-0.39, 0.29) is 0 Å². The quantitative estimate of drug-likeness (QED) is 0.568. The molecule has 0 bridgehead atoms. The SMILES string of the molecule is CC.Cc1ccc(C(C2CCCCC2)C2CCCC2)cc1. The van der Waals surface area contributed by atoms with E-state index in [1.807, 2.05) is 13.8 Å². The Morgan fingerprint density at radius 3 is 1.62 bits per heavy atom. The van der Waals surface area contributed by atoms with Crippen LogP contribution in [0.4, 0.5) is 0 Å². The van der Waals surface area contributed by atoms with Crippen molar-refractivity contribution in [3.05, 3.63) is 35.4 Å². The van der Waals surface area contributed by atoms with E-state index in [0.29, 0.717) is 0 Å². The van der Waals surface area contributed by atoms with Gasteiger partial charge in [0.15, 0.2) is 0 Å². The normalized spacial score (nSPS) is 21.7. The summed E-state index contributed by atoms with van der Waals surface area (Å²) in [7, 11) is 0. The molecule has 1 aromatic rings. The average molecular weight is 287 g/mol. The summed E-state index contributed by atoms with van der Waals surface area (Å²) >= 11 is 0. The maximum Gasteiger partial charge on any atom is -0.0105 e. The molecule has 118 valence electrons. The summed E-state index contributed by atoms with van der Waals surface area (Å²) in [5.41, 5.74) is 3.04. The van der Waals surface area contributed by atoms with Gasteiger partial charge in [-0.15, -0.1) is 0 Å². The Morgan fingerprint density at radius 1 is 0.714 bits per heavy atom. The molecule has 0 radical (unpaired) electrons. The molecule has 3 rings (SSSR count). The first kappa shape index (κ1) is 16.6. The van der Waals surface area contributed by atoms with Gasteiger partial charge in [-0.25, -0.2) is 0 Å². The first-order valence-corrected chi connectivity index (χ1v) is 9.41. The molecule has 0 amide bonds. The molecule has 21 heavy (non-hydrogen) atoms. The van der Waals surface area contributed by atoms with Crippen LogP contribution in [0.3, 0.4) is 0 Å². The van der Waals surface area contributed by atoms with Gasteiger partial charge in [0.1, 0.15) is 0 Å². The number of rotatable bonds is 3. The summed E-state index contributed by atoms with van der Waals surface area (Å²) in [4.78, 5) is 0. The third-order valence-corrected chi connectivity index (χ3v) is 5.53. The second kappa shape index (κ2) is 8.61. The van der Waals surface area contributed by atoms with Crippen LogP contribution in [0.1, 0.15) is 88.7 Å². The number of hydrogen-bond acceptors (Lipinski definition) is 0. The smallest absolute Gasteiger partial charge is 0.0105 e. The molecule has 1 atom stereocenters. The fourth-order valence-corrected chi connectivity index (χ4v) is 4.53. The Hall–Kier alpha value is -0.780. The lowest BCUT2D eigenvalue weighted by Gasteiger charge is -2.35. The van der Waals surface area contributed by atoms with Crippen molar-refractivity contribution in [2.45, 2.75) is 84.5 Å². The minimum absolute atomic E-state index is 0.864. The maximum atomic E-state index is 2.42. The molecule has 0 aromatic heterocycles. The highest BCUT2D eigenvalue weighted by Crippen LogP contribution is 2.46. The van der Waals surface area contributed by atoms with Gasteiger partial charge >= 0.3 is 0 Å². The van der Waals surface area contributed by atoms with E-state index in [1.54, 1.807) is 5.56 Å². The van der Waals surface area contributed by atoms with Crippen LogP contribution in [-0.4, -0.2) is 0 Å². The van der Waals surface area contributed by atoms with Crippen LogP contribution in [0.15, 0.2) is 24.3 Å². The monoisotopic (exact) mass is 286 g/mol. The molecule has 2 saturated carbocycles. The van der Waals surface area contributed by atoms with Crippen molar-refractivity contribution in [2.24, 2.45) is 11.8 Å². The summed E-state index contributed by atoms with van der Waals surface area (Å²) in [6, 6.07) is 9.49. The first-order valence-electron chi connectivity index (χ1n) is 9.41. The Labute approximate surface area is 132 Å². The van der Waals surface area contributed by atoms with Gasteiger partial charge in [-0.3, -0.25) is 0 Å². The largest absolute Gasteiger partial charge is 0.0683 e. The zero-order valence-corrected chi connectivity index (χ0v) is 14.4. The fraction of sp³-hybridized carbons (Fsp3) is 0.714. The Bertz CT molecular complexity index is 377. The molecule has 0 N–H and O–H groups in total. The summed E-state index contributed by atoms with van der Waals surface area (Å²) < 4.78 is 0. The zero-order valence-electron chi connectivity index (χ0n) is 14.4. The highest BCUT2D eigenvalue weighted by atomic mass is 14.4. The molecular weight excluding hydrogens is 252 g/mol. The van der Waals surface area contributed by atoms with Crippen LogP contribution in [-0.2, 0) is 0 Å². The van der Waals surface area contributed by atoms with Crippen molar-refractivity contribution in [3.8, 4) is 0 Å². The molecule has 0 aliphatic heterocycles. The third-order valence-electron chi connectivity index (χ3n) is 5.53. The van der Waals surface area contributed by atoms with Crippen molar-refractivity contribution in [1.82, 2.24) is 0 Å². The molecule has 1 aromatic carbocycles. The Morgan fingerprint density at radius 2 is 1.14 bits per heavy atom. The van der Waals surface area contributed by atoms with E-state index in [1.165, 1.54) is 63.4 Å². The van der Waals surface area contributed by atoms with E-state index < -0.39 is 0 Å². The van der Waals surface area contributed by atoms with Crippen molar-refractivity contribution >= 4 is 0 Å². The molecule has 2 aliphatic rings. The number of hydrogen-bond donors (Lipinski definition) is 0. The lowest BCUT2D eigenvalue weighted by Crippen LogP contribution is -2.22. The van der Waals surface area contributed by atoms with E-state index in [9.17, 15) is 0 Å². The van der Waals surface area contributed by atoms with Crippen LogP contribution in [0, 0.1) is 18.8 Å². The predicted octanol–water partition coefficient (Wildman–Crippen LogP) is 6.88. The molecule has 0 nitrogen and oxygen atoms in total. The predicted molar refractivity (Wildman–Crippen MR) is 93.8 cm³/mol. The van der Waals surface area contributed by atoms with Crippen LogP contribution in [0.5, 0.6) is 0 Å². The van der Waals surface area contributed by atoms with Gasteiger partial charge in [-0.1, -0.05) is 75.8 Å². The van der Waals surface area contributed by atoms with Gasteiger partial charge in [0.05, 0.1) is 0 Å². The van der Waals surface area contributed by atoms with E-state index in [2.05, 4.69) is 31.2 Å². The summed E-state index contributed by atoms with van der Waals surface area (Å²) in [6.45, 7) is 6.20. The highest BCUT2D eigenvalue weighted by molar-refractivity contribution is 5.26. The second-order valence-electron chi connectivity index (χ2n) is 6.88. The number of benzene rings is 1. The van der Waals surface area contributed by atoms with Gasteiger partial charge in [-0.2, -0.15) is 0 Å². The van der Waals surface area contributed by atoms with Gasteiger partial charge in [-0.05, 0) is 55.9 Å². The van der Waals surface area contributed by atoms with Crippen molar-refractivity contribution in [3.63, 3.8) is 0 Å². The lowest BCUT2D eigenvalue weighted by molar-refractivity contribution is 0.243. The lowest BCUT2D eigenvalue weighted by atomic mass is 9.70. The standard InChI is InChI=1S/C19H28.C2H6/c1-15-11-13-18(14-12-15)19(17-9-5-6-10-17)16-7-3-2-4-8-16;1-2/h11-14,16-17,19H,2-10H2,1H3;1-2H3. The Balaban J connectivity index is 0.000000774. The minimum atomic E-state index is 0.864. The van der Waals surface area contributed by atoms with E-state index in [0.717, 1.165) is 17.8 Å². The molecule has 0 heterocycles. The molecule has 0 spiro atoms. The molecule has 0 heteroatoms. The molecule has 2 fully saturated rings. The van der Waals surface area contributed by atoms with Crippen LogP contribution >= 0.6 is 0 Å². The summed E-state index contributed by atoms with van der Waals surface area (Å²) in [5.74, 6) is 2.81. The van der Waals surface area contributed by atoms with Crippen molar-refractivity contribution < 1.29 is 0 Å². The van der Waals surface area contributed by atoms with Crippen molar-refractivity contribution in [1.29, 1.82) is 0 Å². The molecule has 0 saturated heterocycles. The van der Waals surface area contributed by atoms with Crippen molar-refractivity contribution in [2.75, 3.05) is 0 Å². The minimum Gasteiger partial charge on any atom is -0.0683 e. The van der Waals surface area contributed by atoms with E-state index >= 15 is 0 Å². The number of aryl methyl sites for hydroxylation is 1. The first-order chi connectivity index (χ1) is 10.3. The zero-order chi connectivity index (χ0) is 15.1. The average Bonchev–Trinajstić information content (AvgIpc) is 3.07. The topological polar surface area (TPSA) is 0 Å². The fourth-order valence-electron chi connectivity index (χ4n) is 4.53. The summed E-state index contributed by atoms with van der Waals surface area (Å²) in [5, 5.41) is 0. The molecule has 1 unspecified atom stereocenters. The van der Waals surface area contributed by atoms with Crippen LogP contribution in [0.25, 0.3) is 0 Å². The van der Waals surface area contributed by atoms with E-state index in [4.69, 9.17) is 0 Å².